The van der Waals surface area contributed by atoms with E-state index >= 15 is 0 Å². The summed E-state index contributed by atoms with van der Waals surface area (Å²) >= 11 is 6.45. The van der Waals surface area contributed by atoms with Crippen molar-refractivity contribution >= 4 is 27.3 Å². The highest BCUT2D eigenvalue weighted by atomic mass is 35.5. The lowest BCUT2D eigenvalue weighted by Gasteiger charge is -2.22. The average molecular weight is 592 g/mol. The first-order chi connectivity index (χ1) is 19.8. The molecule has 0 amide bonds. The molecule has 0 aliphatic carbocycles. The molecule has 4 aromatic rings. The van der Waals surface area contributed by atoms with Gasteiger partial charge in [-0.05, 0) is 35.2 Å². The Bertz CT molecular complexity index is 1580. The number of halogens is 1. The molecule has 0 atom stereocenters. The van der Waals surface area contributed by atoms with E-state index in [0.717, 1.165) is 16.7 Å². The van der Waals surface area contributed by atoms with E-state index in [-0.39, 0.29) is 30.3 Å². The minimum Gasteiger partial charge on any atom is -0.488 e. The highest BCUT2D eigenvalue weighted by Crippen LogP contribution is 2.36. The predicted molar refractivity (Wildman–Crippen MR) is 164 cm³/mol. The smallest absolute Gasteiger partial charge is 0.246 e. The van der Waals surface area contributed by atoms with Crippen molar-refractivity contribution < 1.29 is 17.9 Å². The van der Waals surface area contributed by atoms with Gasteiger partial charge in [0.25, 0.3) is 0 Å². The van der Waals surface area contributed by atoms with Gasteiger partial charge in [0.1, 0.15) is 29.6 Å². The van der Waals surface area contributed by atoms with Crippen LogP contribution < -0.4 is 15.3 Å². The number of nitrogens with two attached hydrogens (primary N) is 1. The zero-order valence-electron chi connectivity index (χ0n) is 23.2. The Morgan fingerprint density at radius 1 is 0.854 bits per heavy atom. The summed E-state index contributed by atoms with van der Waals surface area (Å²) in [5.41, 5.74) is 3.51. The Kier molecular flexibility index (Phi) is 10.4. The molecule has 9 heteroatoms. The molecular weight excluding hydrogens is 558 g/mol. The minimum absolute atomic E-state index is 0.00625. The van der Waals surface area contributed by atoms with Crippen LogP contribution in [0.25, 0.3) is 0 Å². The van der Waals surface area contributed by atoms with Gasteiger partial charge in [-0.25, -0.2) is 12.7 Å². The molecule has 4 rings (SSSR count). The summed E-state index contributed by atoms with van der Waals surface area (Å²) in [7, 11) is -2.38. The lowest BCUT2D eigenvalue weighted by molar-refractivity contribution is 0.283. The van der Waals surface area contributed by atoms with Gasteiger partial charge in [0.15, 0.2) is 0 Å². The molecule has 0 unspecified atom stereocenters. The summed E-state index contributed by atoms with van der Waals surface area (Å²) in [6, 6.07) is 29.8. The van der Waals surface area contributed by atoms with E-state index in [4.69, 9.17) is 26.9 Å². The van der Waals surface area contributed by atoms with Crippen LogP contribution in [0, 0.1) is 0 Å². The fraction of sp³-hybridized carbons (Fsp3) is 0.219. The fourth-order valence-corrected chi connectivity index (χ4v) is 5.91. The first-order valence-electron chi connectivity index (χ1n) is 13.3. The van der Waals surface area contributed by atoms with Gasteiger partial charge in [0, 0.05) is 36.7 Å². The number of sulfonamides is 1. The Morgan fingerprint density at radius 3 is 1.98 bits per heavy atom. The van der Waals surface area contributed by atoms with Gasteiger partial charge in [-0.1, -0.05) is 97.4 Å². The van der Waals surface area contributed by atoms with E-state index in [1.54, 1.807) is 25.2 Å². The minimum atomic E-state index is -3.93. The summed E-state index contributed by atoms with van der Waals surface area (Å²) in [5, 5.41) is 4.62. The molecular formula is C32H34ClN3O4S. The zero-order valence-corrected chi connectivity index (χ0v) is 24.7. The van der Waals surface area contributed by atoms with E-state index in [0.29, 0.717) is 35.0 Å². The van der Waals surface area contributed by atoms with Crippen LogP contribution in [0.3, 0.4) is 0 Å². The van der Waals surface area contributed by atoms with Crippen LogP contribution in [0.1, 0.15) is 35.6 Å². The number of rotatable bonds is 13. The Morgan fingerprint density at radius 2 is 1.41 bits per heavy atom. The third-order valence-corrected chi connectivity index (χ3v) is 8.78. The number of benzene rings is 4. The molecule has 0 bridgehead atoms. The van der Waals surface area contributed by atoms with Crippen molar-refractivity contribution in [3.8, 4) is 11.5 Å². The molecule has 0 fully saturated rings. The molecule has 0 aliphatic rings. The van der Waals surface area contributed by atoms with Gasteiger partial charge >= 0.3 is 0 Å². The second-order valence-electron chi connectivity index (χ2n) is 9.51. The standard InChI is InChI=1S/C32H34ClN3O4S/c1-3-18-36(2)41(37,38)32-20-27(29(35-34)19-26-16-10-11-17-28(26)33)30(39-22-24-12-6-4-7-13-24)21-31(32)40-23-25-14-8-5-9-15-25/h4-17,20-21H,3,18-19,22-23,34H2,1-2H3/b35-29+. The van der Waals surface area contributed by atoms with Crippen molar-refractivity contribution in [3.63, 3.8) is 0 Å². The third-order valence-electron chi connectivity index (χ3n) is 6.53. The number of hydrazone groups is 1. The molecule has 0 spiro atoms. The van der Waals surface area contributed by atoms with Gasteiger partial charge in [-0.15, -0.1) is 0 Å². The van der Waals surface area contributed by atoms with Crippen molar-refractivity contribution in [3.05, 3.63) is 124 Å². The molecule has 0 aromatic heterocycles. The molecule has 214 valence electrons. The zero-order chi connectivity index (χ0) is 29.2. The molecule has 4 aromatic carbocycles. The maximum Gasteiger partial charge on any atom is 0.246 e. The average Bonchev–Trinajstić information content (AvgIpc) is 2.99. The Hall–Kier alpha value is -3.85. The van der Waals surface area contributed by atoms with E-state index in [1.807, 2.05) is 85.8 Å². The predicted octanol–water partition coefficient (Wildman–Crippen LogP) is 6.43. The second kappa shape index (κ2) is 14.2. The largest absolute Gasteiger partial charge is 0.488 e. The summed E-state index contributed by atoms with van der Waals surface area (Å²) < 4.78 is 41.4. The van der Waals surface area contributed by atoms with Crippen LogP contribution in [-0.2, 0) is 29.7 Å². The molecule has 0 aliphatic heterocycles. The third kappa shape index (κ3) is 7.67. The van der Waals surface area contributed by atoms with Gasteiger partial charge in [0.2, 0.25) is 10.0 Å². The van der Waals surface area contributed by atoms with Crippen molar-refractivity contribution in [2.24, 2.45) is 10.9 Å². The van der Waals surface area contributed by atoms with E-state index in [9.17, 15) is 8.42 Å². The number of hydrogen-bond acceptors (Lipinski definition) is 6. The molecule has 41 heavy (non-hydrogen) atoms. The van der Waals surface area contributed by atoms with Gasteiger partial charge in [-0.2, -0.15) is 5.10 Å². The monoisotopic (exact) mass is 591 g/mol. The highest BCUT2D eigenvalue weighted by molar-refractivity contribution is 7.89. The first-order valence-corrected chi connectivity index (χ1v) is 15.1. The topological polar surface area (TPSA) is 94.2 Å². The van der Waals surface area contributed by atoms with Crippen molar-refractivity contribution in [1.29, 1.82) is 0 Å². The quantitative estimate of drug-likeness (QED) is 0.110. The number of nitrogens with zero attached hydrogens (tertiary/aromatic N) is 2. The van der Waals surface area contributed by atoms with E-state index in [2.05, 4.69) is 5.10 Å². The Labute approximate surface area is 247 Å². The maximum absolute atomic E-state index is 13.8. The van der Waals surface area contributed by atoms with Crippen LogP contribution >= 0.6 is 11.6 Å². The molecule has 0 saturated heterocycles. The summed E-state index contributed by atoms with van der Waals surface area (Å²) in [6.45, 7) is 2.70. The van der Waals surface area contributed by atoms with Gasteiger partial charge in [0.05, 0.1) is 5.71 Å². The molecule has 0 saturated carbocycles. The van der Waals surface area contributed by atoms with Crippen LogP contribution in [-0.4, -0.2) is 32.0 Å². The van der Waals surface area contributed by atoms with Crippen LogP contribution in [0.4, 0.5) is 0 Å². The lowest BCUT2D eigenvalue weighted by atomic mass is 10.0. The van der Waals surface area contributed by atoms with Gasteiger partial charge < -0.3 is 15.3 Å². The van der Waals surface area contributed by atoms with Crippen LogP contribution in [0.15, 0.2) is 107 Å². The SMILES string of the molecule is CCCN(C)S(=O)(=O)c1cc(/C(Cc2ccccc2Cl)=N/N)c(OCc2ccccc2)cc1OCc1ccccc1. The van der Waals surface area contributed by atoms with Crippen molar-refractivity contribution in [2.45, 2.75) is 37.9 Å². The number of ether oxygens (including phenoxy) is 2. The van der Waals surface area contributed by atoms with E-state index < -0.39 is 10.0 Å². The summed E-state index contributed by atoms with van der Waals surface area (Å²) in [6.07, 6.45) is 0.926. The molecule has 0 heterocycles. The van der Waals surface area contributed by atoms with Crippen molar-refractivity contribution in [1.82, 2.24) is 4.31 Å². The number of hydrogen-bond donors (Lipinski definition) is 1. The lowest BCUT2D eigenvalue weighted by Crippen LogP contribution is -2.28. The van der Waals surface area contributed by atoms with Crippen LogP contribution in [0.2, 0.25) is 5.02 Å². The Balaban J connectivity index is 1.84. The van der Waals surface area contributed by atoms with E-state index in [1.165, 1.54) is 4.31 Å². The summed E-state index contributed by atoms with van der Waals surface area (Å²) in [5.74, 6) is 6.49. The first kappa shape index (κ1) is 30.1. The maximum atomic E-state index is 13.8. The molecule has 2 N–H and O–H groups in total. The van der Waals surface area contributed by atoms with Crippen molar-refractivity contribution in [2.75, 3.05) is 13.6 Å². The highest BCUT2D eigenvalue weighted by Gasteiger charge is 2.28. The fourth-order valence-electron chi connectivity index (χ4n) is 4.31. The molecule has 7 nitrogen and oxygen atoms in total. The second-order valence-corrected chi connectivity index (χ2v) is 11.9. The normalized spacial score (nSPS) is 12.0. The molecule has 0 radical (unpaired) electrons. The van der Waals surface area contributed by atoms with Gasteiger partial charge in [-0.3, -0.25) is 0 Å². The summed E-state index contributed by atoms with van der Waals surface area (Å²) in [4.78, 5) is 0.00625. The van der Waals surface area contributed by atoms with Crippen LogP contribution in [0.5, 0.6) is 11.5 Å².